The average Bonchev–Trinajstić information content (AvgIpc) is 3.04. The molecule has 4 rings (SSSR count). The van der Waals surface area contributed by atoms with Crippen molar-refractivity contribution in [3.63, 3.8) is 0 Å². The van der Waals surface area contributed by atoms with Crippen molar-refractivity contribution in [1.82, 2.24) is 4.98 Å². The van der Waals surface area contributed by atoms with Gasteiger partial charge < -0.3 is 15.0 Å². The van der Waals surface area contributed by atoms with Crippen molar-refractivity contribution in [1.29, 1.82) is 0 Å². The first-order valence-electron chi connectivity index (χ1n) is 8.35. The van der Waals surface area contributed by atoms with Crippen molar-refractivity contribution in [2.75, 3.05) is 36.5 Å². The highest BCUT2D eigenvalue weighted by Gasteiger charge is 2.13. The molecule has 5 nitrogen and oxygen atoms in total. The molecule has 0 aliphatic carbocycles. The molecule has 0 atom stereocenters. The molecule has 3 aromatic rings. The topological polar surface area (TPSA) is 54.5 Å². The Kier molecular flexibility index (Phi) is 4.63. The molecule has 2 heterocycles. The molecule has 1 fully saturated rings. The highest BCUT2D eigenvalue weighted by atomic mass is 32.1. The van der Waals surface area contributed by atoms with Crippen LogP contribution in [0, 0.1) is 0 Å². The third-order valence-corrected chi connectivity index (χ3v) is 5.14. The van der Waals surface area contributed by atoms with Crippen molar-refractivity contribution >= 4 is 38.3 Å². The average molecular weight is 353 g/mol. The van der Waals surface area contributed by atoms with Crippen LogP contribution in [0.4, 0.5) is 10.8 Å². The number of nitrogens with one attached hydrogen (secondary N) is 1. The largest absolute Gasteiger partial charge is 0.378 e. The first-order chi connectivity index (χ1) is 12.3. The molecule has 1 aromatic heterocycles. The lowest BCUT2D eigenvalue weighted by Gasteiger charge is -2.28. The Balaban J connectivity index is 1.48. The van der Waals surface area contributed by atoms with Crippen LogP contribution in [-0.4, -0.2) is 37.2 Å². The lowest BCUT2D eigenvalue weighted by atomic mass is 10.1. The van der Waals surface area contributed by atoms with E-state index in [2.05, 4.69) is 27.3 Å². The van der Waals surface area contributed by atoms with Gasteiger partial charge in [0, 0.05) is 18.8 Å². The van der Waals surface area contributed by atoms with Gasteiger partial charge in [-0.15, -0.1) is 0 Å². The zero-order valence-corrected chi connectivity index (χ0v) is 14.6. The van der Waals surface area contributed by atoms with Crippen molar-refractivity contribution in [2.24, 2.45) is 0 Å². The van der Waals surface area contributed by atoms with Gasteiger partial charge in [-0.2, -0.15) is 0 Å². The van der Waals surface area contributed by atoms with E-state index in [4.69, 9.17) is 4.74 Å². The highest BCUT2D eigenvalue weighted by molar-refractivity contribution is 7.22. The van der Waals surface area contributed by atoms with Crippen molar-refractivity contribution in [2.45, 2.75) is 6.42 Å². The summed E-state index contributed by atoms with van der Waals surface area (Å²) in [5, 5.41) is 3.56. The molecule has 1 saturated heterocycles. The fourth-order valence-corrected chi connectivity index (χ4v) is 3.84. The molecular formula is C19H19N3O2S. The van der Waals surface area contributed by atoms with Gasteiger partial charge in [0.15, 0.2) is 5.13 Å². The number of ether oxygens (including phenoxy) is 1. The fourth-order valence-electron chi connectivity index (χ4n) is 2.93. The number of carbonyl (C=O) groups excluding carboxylic acids is 1. The van der Waals surface area contributed by atoms with Crippen LogP contribution in [0.25, 0.3) is 10.2 Å². The van der Waals surface area contributed by atoms with Gasteiger partial charge in [-0.3, -0.25) is 4.79 Å². The zero-order chi connectivity index (χ0) is 17.1. The molecule has 0 unspecified atom stereocenters. The normalized spacial score (nSPS) is 14.6. The number of morpholine rings is 1. The lowest BCUT2D eigenvalue weighted by Crippen LogP contribution is -2.36. The second-order valence-corrected chi connectivity index (χ2v) is 7.01. The first-order valence-corrected chi connectivity index (χ1v) is 9.17. The monoisotopic (exact) mass is 353 g/mol. The summed E-state index contributed by atoms with van der Waals surface area (Å²) in [6.45, 7) is 3.35. The van der Waals surface area contributed by atoms with Gasteiger partial charge in [0.05, 0.1) is 29.9 Å². The number of hydrogen-bond donors (Lipinski definition) is 1. The van der Waals surface area contributed by atoms with Crippen LogP contribution >= 0.6 is 11.3 Å². The standard InChI is InChI=1S/C19H19N3O2S/c23-18(12-14-4-2-1-3-5-14)21-19-20-16-7-6-15(13-17(16)25-19)22-8-10-24-11-9-22/h1-7,13H,8-12H2,(H,20,21,23). The van der Waals surface area contributed by atoms with E-state index in [1.807, 2.05) is 36.4 Å². The minimum absolute atomic E-state index is 0.0429. The summed E-state index contributed by atoms with van der Waals surface area (Å²) in [6, 6.07) is 16.0. The maximum Gasteiger partial charge on any atom is 0.230 e. The van der Waals surface area contributed by atoms with Crippen LogP contribution in [0.15, 0.2) is 48.5 Å². The summed E-state index contributed by atoms with van der Waals surface area (Å²) in [7, 11) is 0. The third-order valence-electron chi connectivity index (χ3n) is 4.20. The van der Waals surface area contributed by atoms with E-state index in [-0.39, 0.29) is 5.91 Å². The van der Waals surface area contributed by atoms with E-state index < -0.39 is 0 Å². The summed E-state index contributed by atoms with van der Waals surface area (Å²) >= 11 is 1.51. The molecule has 1 aliphatic rings. The summed E-state index contributed by atoms with van der Waals surface area (Å²) in [6.07, 6.45) is 0.357. The van der Waals surface area contributed by atoms with Gasteiger partial charge in [-0.1, -0.05) is 41.7 Å². The Labute approximate surface area is 150 Å². The molecule has 1 aliphatic heterocycles. The van der Waals surface area contributed by atoms with E-state index in [9.17, 15) is 4.79 Å². The van der Waals surface area contributed by atoms with E-state index in [0.29, 0.717) is 11.6 Å². The number of benzene rings is 2. The predicted octanol–water partition coefficient (Wildman–Crippen LogP) is 3.31. The molecular weight excluding hydrogens is 334 g/mol. The smallest absolute Gasteiger partial charge is 0.230 e. The van der Waals surface area contributed by atoms with Crippen LogP contribution < -0.4 is 10.2 Å². The van der Waals surface area contributed by atoms with Crippen molar-refractivity contribution in [3.05, 3.63) is 54.1 Å². The zero-order valence-electron chi connectivity index (χ0n) is 13.8. The number of carbonyl (C=O) groups is 1. The number of thiazole rings is 1. The Hall–Kier alpha value is -2.44. The van der Waals surface area contributed by atoms with Gasteiger partial charge in [-0.25, -0.2) is 4.98 Å². The molecule has 128 valence electrons. The summed E-state index contributed by atoms with van der Waals surface area (Å²) < 4.78 is 6.49. The van der Waals surface area contributed by atoms with E-state index in [1.54, 1.807) is 0 Å². The van der Waals surface area contributed by atoms with Crippen molar-refractivity contribution in [3.8, 4) is 0 Å². The lowest BCUT2D eigenvalue weighted by molar-refractivity contribution is -0.115. The maximum absolute atomic E-state index is 12.2. The molecule has 0 saturated carbocycles. The summed E-state index contributed by atoms with van der Waals surface area (Å²) in [5.41, 5.74) is 3.09. The van der Waals surface area contributed by atoms with Crippen LogP contribution in [-0.2, 0) is 16.0 Å². The second-order valence-electron chi connectivity index (χ2n) is 5.98. The molecule has 6 heteroatoms. The van der Waals surface area contributed by atoms with Gasteiger partial charge in [0.1, 0.15) is 0 Å². The van der Waals surface area contributed by atoms with Crippen LogP contribution in [0.3, 0.4) is 0 Å². The van der Waals surface area contributed by atoms with Crippen LogP contribution in [0.5, 0.6) is 0 Å². The molecule has 1 N–H and O–H groups in total. The highest BCUT2D eigenvalue weighted by Crippen LogP contribution is 2.30. The van der Waals surface area contributed by atoms with Gasteiger partial charge in [-0.05, 0) is 23.8 Å². The molecule has 2 aromatic carbocycles. The van der Waals surface area contributed by atoms with Gasteiger partial charge in [0.2, 0.25) is 5.91 Å². The van der Waals surface area contributed by atoms with Crippen molar-refractivity contribution < 1.29 is 9.53 Å². The number of amides is 1. The third kappa shape index (κ3) is 3.81. The fraction of sp³-hybridized carbons (Fsp3) is 0.263. The number of hydrogen-bond acceptors (Lipinski definition) is 5. The molecule has 25 heavy (non-hydrogen) atoms. The molecule has 1 amide bonds. The number of aromatic nitrogens is 1. The molecule has 0 spiro atoms. The number of anilines is 2. The van der Waals surface area contributed by atoms with Crippen LogP contribution in [0.2, 0.25) is 0 Å². The quantitative estimate of drug-likeness (QED) is 0.782. The second kappa shape index (κ2) is 7.21. The van der Waals surface area contributed by atoms with E-state index in [1.165, 1.54) is 17.0 Å². The first kappa shape index (κ1) is 16.1. The van der Waals surface area contributed by atoms with E-state index in [0.717, 1.165) is 42.1 Å². The minimum Gasteiger partial charge on any atom is -0.378 e. The van der Waals surface area contributed by atoms with Gasteiger partial charge >= 0.3 is 0 Å². The molecule has 0 radical (unpaired) electrons. The van der Waals surface area contributed by atoms with Gasteiger partial charge in [0.25, 0.3) is 0 Å². The number of rotatable bonds is 4. The number of nitrogens with zero attached hydrogens (tertiary/aromatic N) is 2. The SMILES string of the molecule is O=C(Cc1ccccc1)Nc1nc2ccc(N3CCOCC3)cc2s1. The maximum atomic E-state index is 12.2. The Morgan fingerprint density at radius 1 is 1.16 bits per heavy atom. The number of fused-ring (bicyclic) bond motifs is 1. The Bertz CT molecular complexity index is 873. The van der Waals surface area contributed by atoms with E-state index >= 15 is 0 Å². The Morgan fingerprint density at radius 2 is 1.96 bits per heavy atom. The minimum atomic E-state index is -0.0429. The summed E-state index contributed by atoms with van der Waals surface area (Å²) in [4.78, 5) is 19.0. The van der Waals surface area contributed by atoms with Crippen LogP contribution in [0.1, 0.15) is 5.56 Å². The predicted molar refractivity (Wildman–Crippen MR) is 101 cm³/mol. The Morgan fingerprint density at radius 3 is 2.76 bits per heavy atom. The summed E-state index contributed by atoms with van der Waals surface area (Å²) in [5.74, 6) is -0.0429. The molecule has 0 bridgehead atoms.